The van der Waals surface area contributed by atoms with Gasteiger partial charge in [-0.3, -0.25) is 10.2 Å². The van der Waals surface area contributed by atoms with Gasteiger partial charge in [0.25, 0.3) is 0 Å². The highest BCUT2D eigenvalue weighted by atomic mass is 32.2. The number of nitriles is 1. The van der Waals surface area contributed by atoms with Crippen molar-refractivity contribution in [2.24, 2.45) is 0 Å². The molecular formula is C43H46N4O9S. The normalized spacial score (nSPS) is 27.8. The predicted octanol–water partition coefficient (Wildman–Crippen LogP) is 5.14. The molecule has 7 aliphatic rings. The Morgan fingerprint density at radius 2 is 1.81 bits per heavy atom. The number of fused-ring (bicyclic) bond motifs is 9. The van der Waals surface area contributed by atoms with E-state index in [1.807, 2.05) is 26.0 Å². The molecule has 7 atom stereocenters. The van der Waals surface area contributed by atoms with E-state index in [1.54, 1.807) is 38.1 Å². The number of phenols is 1. The molecule has 1 spiro atoms. The minimum absolute atomic E-state index is 0.0189. The van der Waals surface area contributed by atoms with Crippen molar-refractivity contribution in [2.75, 3.05) is 53.1 Å². The molecule has 57 heavy (non-hydrogen) atoms. The summed E-state index contributed by atoms with van der Waals surface area (Å²) in [5.74, 6) is 3.14. The molecule has 0 aliphatic carbocycles. The van der Waals surface area contributed by atoms with Gasteiger partial charge < -0.3 is 43.6 Å². The Kier molecular flexibility index (Phi) is 9.47. The Hall–Kier alpha value is -5.07. The van der Waals surface area contributed by atoms with Crippen LogP contribution >= 0.6 is 11.8 Å². The second kappa shape index (κ2) is 14.4. The number of thioether (sulfide) groups is 1. The molecular weight excluding hydrogens is 749 g/mol. The van der Waals surface area contributed by atoms with Gasteiger partial charge in [-0.05, 0) is 61.1 Å². The highest BCUT2D eigenvalue weighted by Crippen LogP contribution is 2.63. The fourth-order valence-electron chi connectivity index (χ4n) is 10.0. The quantitative estimate of drug-likeness (QED) is 0.204. The van der Waals surface area contributed by atoms with Crippen molar-refractivity contribution in [3.63, 3.8) is 0 Å². The molecule has 7 aliphatic heterocycles. The number of carbonyl (C=O) groups is 1. The maximum absolute atomic E-state index is 14.9. The zero-order valence-electron chi connectivity index (χ0n) is 32.4. The topological polar surface area (TPSA) is 153 Å². The summed E-state index contributed by atoms with van der Waals surface area (Å²) in [5, 5.41) is 30.4. The molecule has 0 aromatic heterocycles. The van der Waals surface area contributed by atoms with Gasteiger partial charge in [0, 0.05) is 46.6 Å². The number of methoxy groups -OCH3 is 2. The van der Waals surface area contributed by atoms with Gasteiger partial charge >= 0.3 is 5.97 Å². The predicted molar refractivity (Wildman–Crippen MR) is 212 cm³/mol. The molecule has 2 saturated heterocycles. The van der Waals surface area contributed by atoms with Gasteiger partial charge in [0.15, 0.2) is 40.0 Å². The molecule has 0 radical (unpaired) electrons. The maximum Gasteiger partial charge on any atom is 0.331 e. The Balaban J connectivity index is 1.27. The summed E-state index contributed by atoms with van der Waals surface area (Å²) in [6.45, 7) is 12.5. The van der Waals surface area contributed by atoms with E-state index in [-0.39, 0.29) is 37.6 Å². The van der Waals surface area contributed by atoms with Crippen molar-refractivity contribution in [2.45, 2.75) is 67.7 Å². The number of hydrogen-bond acceptors (Lipinski definition) is 14. The van der Waals surface area contributed by atoms with Crippen LogP contribution in [0, 0.1) is 25.2 Å². The van der Waals surface area contributed by atoms with Crippen molar-refractivity contribution in [1.82, 2.24) is 15.5 Å². The summed E-state index contributed by atoms with van der Waals surface area (Å²) in [7, 11) is 3.22. The number of hydrogen-bond donors (Lipinski definition) is 3. The van der Waals surface area contributed by atoms with E-state index in [2.05, 4.69) is 40.8 Å². The van der Waals surface area contributed by atoms with Gasteiger partial charge in [0.1, 0.15) is 31.6 Å². The second-order valence-electron chi connectivity index (χ2n) is 15.2. The van der Waals surface area contributed by atoms with Crippen LogP contribution in [0.15, 0.2) is 43.5 Å². The molecule has 3 aromatic carbocycles. The maximum atomic E-state index is 14.9. The Morgan fingerprint density at radius 3 is 2.56 bits per heavy atom. The first kappa shape index (κ1) is 37.5. The number of nitrogens with one attached hydrogen (secondary N) is 2. The number of benzene rings is 3. The van der Waals surface area contributed by atoms with Crippen LogP contribution < -0.4 is 39.1 Å². The molecule has 2 fully saturated rings. The SMILES string of the molecule is C=CCOc1cc2c(cc1OC)[C@@]1(CS[C@@H]3c4c(O)c(C)c5c(c4[C@H](COC1=O)N1C3[C@@H]3N[C@@H](Cc4cc(C)c(OC)c(OCC=C)c43)[C@@H]1C#N)OCO5)NCC2. The van der Waals surface area contributed by atoms with E-state index in [0.29, 0.717) is 77.2 Å². The molecule has 13 nitrogen and oxygen atoms in total. The highest BCUT2D eigenvalue weighted by Gasteiger charge is 2.60. The summed E-state index contributed by atoms with van der Waals surface area (Å²) < 4.78 is 42.9. The highest BCUT2D eigenvalue weighted by molar-refractivity contribution is 7.99. The first-order chi connectivity index (χ1) is 27.7. The smallest absolute Gasteiger partial charge is 0.331 e. The molecule has 10 rings (SSSR count). The number of carbonyl (C=O) groups excluding carboxylic acids is 1. The van der Waals surface area contributed by atoms with E-state index < -0.39 is 40.9 Å². The van der Waals surface area contributed by atoms with Crippen LogP contribution in [0.3, 0.4) is 0 Å². The number of phenolic OH excluding ortho intramolecular Hbond substituents is 1. The fraction of sp³-hybridized carbons (Fsp3) is 0.442. The Bertz CT molecular complexity index is 2240. The van der Waals surface area contributed by atoms with Crippen molar-refractivity contribution in [1.29, 1.82) is 5.26 Å². The molecule has 7 heterocycles. The van der Waals surface area contributed by atoms with Gasteiger partial charge in [-0.2, -0.15) is 5.26 Å². The summed E-state index contributed by atoms with van der Waals surface area (Å²) in [6, 6.07) is 6.17. The summed E-state index contributed by atoms with van der Waals surface area (Å²) >= 11 is 1.54. The molecule has 0 amide bonds. The lowest BCUT2D eigenvalue weighted by Crippen LogP contribution is -2.69. The number of nitrogens with zero attached hydrogens (tertiary/aromatic N) is 2. The number of ether oxygens (including phenoxy) is 7. The van der Waals surface area contributed by atoms with Crippen LogP contribution in [0.1, 0.15) is 61.8 Å². The first-order valence-electron chi connectivity index (χ1n) is 19.2. The summed E-state index contributed by atoms with van der Waals surface area (Å²) in [5.41, 5.74) is 5.26. The van der Waals surface area contributed by atoms with Gasteiger partial charge in [-0.15, -0.1) is 11.8 Å². The number of esters is 1. The van der Waals surface area contributed by atoms with Crippen molar-refractivity contribution >= 4 is 17.7 Å². The summed E-state index contributed by atoms with van der Waals surface area (Å²) in [4.78, 5) is 17.1. The van der Waals surface area contributed by atoms with Gasteiger partial charge in [0.2, 0.25) is 6.79 Å². The zero-order valence-corrected chi connectivity index (χ0v) is 33.3. The lowest BCUT2D eigenvalue weighted by Gasteiger charge is -2.59. The molecule has 4 bridgehead atoms. The number of piperazine rings is 1. The largest absolute Gasteiger partial charge is 0.507 e. The number of aromatic hydroxyl groups is 1. The van der Waals surface area contributed by atoms with Gasteiger partial charge in [-0.25, -0.2) is 4.79 Å². The van der Waals surface area contributed by atoms with Crippen LogP contribution in [0.4, 0.5) is 0 Å². The minimum Gasteiger partial charge on any atom is -0.507 e. The molecule has 0 saturated carbocycles. The van der Waals surface area contributed by atoms with Crippen LogP contribution in [-0.4, -0.2) is 87.2 Å². The van der Waals surface area contributed by atoms with Crippen LogP contribution in [0.2, 0.25) is 0 Å². The van der Waals surface area contributed by atoms with E-state index in [9.17, 15) is 15.2 Å². The third-order valence-corrected chi connectivity index (χ3v) is 13.8. The zero-order chi connectivity index (χ0) is 39.7. The van der Waals surface area contributed by atoms with Crippen molar-refractivity contribution in [3.05, 3.63) is 88.0 Å². The van der Waals surface area contributed by atoms with Gasteiger partial charge in [0.05, 0.1) is 37.6 Å². The molecule has 1 unspecified atom stereocenters. The van der Waals surface area contributed by atoms with Crippen LogP contribution in [0.5, 0.6) is 40.2 Å². The Morgan fingerprint density at radius 1 is 1.02 bits per heavy atom. The first-order valence-corrected chi connectivity index (χ1v) is 20.3. The molecule has 3 N–H and O–H groups in total. The average molecular weight is 795 g/mol. The monoisotopic (exact) mass is 794 g/mol. The average Bonchev–Trinajstić information content (AvgIpc) is 3.71. The molecule has 14 heteroatoms. The molecule has 3 aromatic rings. The fourth-order valence-corrected chi connectivity index (χ4v) is 11.7. The number of rotatable bonds is 8. The lowest BCUT2D eigenvalue weighted by atomic mass is 9.72. The number of aryl methyl sites for hydroxylation is 1. The van der Waals surface area contributed by atoms with Crippen molar-refractivity contribution < 1.29 is 43.1 Å². The standard InChI is InChI=1S/C43H46N4O9S/c1-7-11-52-30-15-23-9-10-45-43(25(23)16-29(30)50-5)19-57-41-33-32(40-38(55-20-56-40)22(4)36(33)48)28(18-54-42(43)49)47-27(17-44)26-14-24-13-21(3)37(51-6)39(53-12-8-2)31(24)34(46-26)35(41)47/h7-8,13,15-16,26-28,34-35,41,45-46,48H,1-2,9-12,14,18-20H2,3-6H3/t26-,27-,28-,34+,35?,41+,43+/m0/s1. The van der Waals surface area contributed by atoms with Crippen LogP contribution in [0.25, 0.3) is 0 Å². The second-order valence-corrected chi connectivity index (χ2v) is 16.4. The van der Waals surface area contributed by atoms with E-state index >= 15 is 0 Å². The van der Waals surface area contributed by atoms with Gasteiger partial charge in [-0.1, -0.05) is 31.4 Å². The van der Waals surface area contributed by atoms with Crippen molar-refractivity contribution in [3.8, 4) is 46.3 Å². The van der Waals surface area contributed by atoms with Crippen LogP contribution in [-0.2, 0) is 27.9 Å². The Labute approximate surface area is 335 Å². The lowest BCUT2D eigenvalue weighted by molar-refractivity contribution is -0.155. The third-order valence-electron chi connectivity index (χ3n) is 12.4. The van der Waals surface area contributed by atoms with E-state index in [4.69, 9.17) is 33.2 Å². The van der Waals surface area contributed by atoms with E-state index in [1.165, 1.54) is 0 Å². The molecule has 298 valence electrons. The van der Waals surface area contributed by atoms with E-state index in [0.717, 1.165) is 27.8 Å². The third kappa shape index (κ3) is 5.50. The minimum atomic E-state index is -1.28. The summed E-state index contributed by atoms with van der Waals surface area (Å²) in [6.07, 6.45) is 4.59.